The number of nitrogens with one attached hydrogen (secondary N) is 1. The minimum atomic E-state index is -3.47. The van der Waals surface area contributed by atoms with E-state index in [2.05, 4.69) is 5.32 Å². The molecule has 8 heteroatoms. The molecule has 0 fully saturated rings. The smallest absolute Gasteiger partial charge is 0.307 e. The first-order valence-electron chi connectivity index (χ1n) is 6.24. The molecule has 1 rings (SSSR count). The second-order valence-electron chi connectivity index (χ2n) is 4.52. The summed E-state index contributed by atoms with van der Waals surface area (Å²) < 4.78 is 36.5. The second-order valence-corrected chi connectivity index (χ2v) is 6.70. The Bertz CT molecular complexity index is 642. The van der Waals surface area contributed by atoms with Crippen LogP contribution in [0.2, 0.25) is 0 Å². The molecule has 0 spiro atoms. The van der Waals surface area contributed by atoms with Gasteiger partial charge in [-0.05, 0) is 24.1 Å². The summed E-state index contributed by atoms with van der Waals surface area (Å²) in [5, 5.41) is 10.9. The predicted octanol–water partition coefficient (Wildman–Crippen LogP) is 1.22. The van der Waals surface area contributed by atoms with Crippen molar-refractivity contribution in [3.05, 3.63) is 29.6 Å². The third kappa shape index (κ3) is 5.90. The molecule has 0 heterocycles. The number of carboxylic acids is 1. The number of hydrogen-bond acceptors (Lipinski definition) is 4. The Labute approximate surface area is 121 Å². The van der Waals surface area contributed by atoms with E-state index >= 15 is 0 Å². The van der Waals surface area contributed by atoms with Crippen LogP contribution in [0.15, 0.2) is 18.2 Å². The van der Waals surface area contributed by atoms with Crippen molar-refractivity contribution in [3.8, 4) is 0 Å². The molecule has 21 heavy (non-hydrogen) atoms. The number of carbonyl (C=O) groups excluding carboxylic acids is 1. The zero-order valence-electron chi connectivity index (χ0n) is 11.4. The standard InChI is InChI=1S/C13H16FNO5S/c1-2-5-21(19,20)8-12(16)15-10-4-3-9(6-13(17)18)11(14)7-10/h3-4,7H,2,5-6,8H2,1H3,(H,15,16)(H,17,18). The zero-order chi connectivity index (χ0) is 16.0. The van der Waals surface area contributed by atoms with Gasteiger partial charge in [0.05, 0.1) is 12.2 Å². The molecule has 0 saturated carbocycles. The van der Waals surface area contributed by atoms with Crippen molar-refractivity contribution < 1.29 is 27.5 Å². The van der Waals surface area contributed by atoms with Gasteiger partial charge >= 0.3 is 5.97 Å². The Kier molecular flexibility index (Phi) is 5.83. The maximum Gasteiger partial charge on any atom is 0.307 e. The van der Waals surface area contributed by atoms with Gasteiger partial charge in [-0.2, -0.15) is 0 Å². The van der Waals surface area contributed by atoms with Crippen LogP contribution in [0.3, 0.4) is 0 Å². The molecule has 0 aliphatic rings. The van der Waals surface area contributed by atoms with Crippen LogP contribution in [0.5, 0.6) is 0 Å². The van der Waals surface area contributed by atoms with Crippen LogP contribution >= 0.6 is 0 Å². The lowest BCUT2D eigenvalue weighted by atomic mass is 10.1. The van der Waals surface area contributed by atoms with Crippen molar-refractivity contribution in [3.63, 3.8) is 0 Å². The van der Waals surface area contributed by atoms with Crippen LogP contribution in [-0.2, 0) is 25.8 Å². The first-order chi connectivity index (χ1) is 9.73. The Morgan fingerprint density at radius 2 is 2.00 bits per heavy atom. The van der Waals surface area contributed by atoms with Crippen LogP contribution < -0.4 is 5.32 Å². The number of amides is 1. The van der Waals surface area contributed by atoms with Crippen molar-refractivity contribution in [1.29, 1.82) is 0 Å². The Balaban J connectivity index is 2.73. The van der Waals surface area contributed by atoms with Crippen molar-refractivity contribution in [1.82, 2.24) is 0 Å². The first kappa shape index (κ1) is 17.1. The summed E-state index contributed by atoms with van der Waals surface area (Å²) in [4.78, 5) is 22.1. The summed E-state index contributed by atoms with van der Waals surface area (Å²) in [6.07, 6.45) is -0.0565. The lowest BCUT2D eigenvalue weighted by Gasteiger charge is -2.07. The number of rotatable bonds is 7. The number of carboxylic acid groups (broad SMARTS) is 1. The van der Waals surface area contributed by atoms with Gasteiger partial charge in [0.25, 0.3) is 0 Å². The third-order valence-electron chi connectivity index (χ3n) is 2.54. The highest BCUT2D eigenvalue weighted by Crippen LogP contribution is 2.15. The molecular formula is C13H16FNO5S. The Morgan fingerprint density at radius 3 is 2.52 bits per heavy atom. The van der Waals surface area contributed by atoms with Gasteiger partial charge < -0.3 is 10.4 Å². The van der Waals surface area contributed by atoms with E-state index in [0.29, 0.717) is 6.42 Å². The minimum absolute atomic E-state index is 0.0147. The molecule has 0 saturated heterocycles. The molecule has 0 bridgehead atoms. The number of halogens is 1. The normalized spacial score (nSPS) is 11.1. The summed E-state index contributed by atoms with van der Waals surface area (Å²) >= 11 is 0. The molecule has 0 aromatic heterocycles. The van der Waals surface area contributed by atoms with Crippen LogP contribution in [0.1, 0.15) is 18.9 Å². The van der Waals surface area contributed by atoms with Crippen LogP contribution in [-0.4, -0.2) is 36.9 Å². The first-order valence-corrected chi connectivity index (χ1v) is 8.06. The minimum Gasteiger partial charge on any atom is -0.481 e. The number of carbonyl (C=O) groups is 2. The average molecular weight is 317 g/mol. The van der Waals surface area contributed by atoms with Gasteiger partial charge in [-0.1, -0.05) is 13.0 Å². The topological polar surface area (TPSA) is 101 Å². The summed E-state index contributed by atoms with van der Waals surface area (Å²) in [5.74, 6) is -3.46. The van der Waals surface area contributed by atoms with Crippen molar-refractivity contribution >= 4 is 27.4 Å². The maximum absolute atomic E-state index is 13.6. The molecule has 0 aliphatic heterocycles. The molecule has 0 atom stereocenters. The van der Waals surface area contributed by atoms with Crippen LogP contribution in [0, 0.1) is 5.82 Å². The van der Waals surface area contributed by atoms with E-state index < -0.39 is 39.7 Å². The third-order valence-corrected chi connectivity index (χ3v) is 4.28. The van der Waals surface area contributed by atoms with E-state index in [0.717, 1.165) is 6.07 Å². The summed E-state index contributed by atoms with van der Waals surface area (Å²) in [6.45, 7) is 1.69. The van der Waals surface area contributed by atoms with E-state index in [1.165, 1.54) is 12.1 Å². The van der Waals surface area contributed by atoms with Gasteiger partial charge in [-0.25, -0.2) is 12.8 Å². The lowest BCUT2D eigenvalue weighted by molar-refractivity contribution is -0.136. The molecule has 0 radical (unpaired) electrons. The monoisotopic (exact) mass is 317 g/mol. The highest BCUT2D eigenvalue weighted by atomic mass is 32.2. The van der Waals surface area contributed by atoms with E-state index in [-0.39, 0.29) is 17.0 Å². The molecule has 2 N–H and O–H groups in total. The lowest BCUT2D eigenvalue weighted by Crippen LogP contribution is -2.24. The van der Waals surface area contributed by atoms with Gasteiger partial charge in [0.1, 0.15) is 11.6 Å². The summed E-state index contributed by atoms with van der Waals surface area (Å²) in [6, 6.07) is 3.52. The Morgan fingerprint density at radius 1 is 1.33 bits per heavy atom. The van der Waals surface area contributed by atoms with Crippen molar-refractivity contribution in [2.75, 3.05) is 16.8 Å². The molecular weight excluding hydrogens is 301 g/mol. The number of anilines is 1. The van der Waals surface area contributed by atoms with E-state index in [1.54, 1.807) is 6.92 Å². The largest absolute Gasteiger partial charge is 0.481 e. The molecule has 0 aliphatic carbocycles. The molecule has 1 aromatic rings. The quantitative estimate of drug-likeness (QED) is 0.787. The Hall–Kier alpha value is -1.96. The molecule has 0 unspecified atom stereocenters. The zero-order valence-corrected chi connectivity index (χ0v) is 12.2. The highest BCUT2D eigenvalue weighted by Gasteiger charge is 2.16. The van der Waals surface area contributed by atoms with Crippen LogP contribution in [0.4, 0.5) is 10.1 Å². The summed E-state index contributed by atoms with van der Waals surface area (Å²) in [7, 11) is -3.47. The van der Waals surface area contributed by atoms with Gasteiger partial charge in [-0.3, -0.25) is 9.59 Å². The predicted molar refractivity (Wildman–Crippen MR) is 75.3 cm³/mol. The van der Waals surface area contributed by atoms with E-state index in [1.807, 2.05) is 0 Å². The second kappa shape index (κ2) is 7.16. The number of benzene rings is 1. The van der Waals surface area contributed by atoms with Gasteiger partial charge in [0, 0.05) is 5.69 Å². The summed E-state index contributed by atoms with van der Waals surface area (Å²) in [5.41, 5.74) is 0.0671. The maximum atomic E-state index is 13.6. The molecule has 116 valence electrons. The fraction of sp³-hybridized carbons (Fsp3) is 0.385. The van der Waals surface area contributed by atoms with Gasteiger partial charge in [-0.15, -0.1) is 0 Å². The van der Waals surface area contributed by atoms with E-state index in [4.69, 9.17) is 5.11 Å². The molecule has 1 amide bonds. The number of hydrogen-bond donors (Lipinski definition) is 2. The van der Waals surface area contributed by atoms with Crippen molar-refractivity contribution in [2.24, 2.45) is 0 Å². The average Bonchev–Trinajstić information content (AvgIpc) is 2.31. The highest BCUT2D eigenvalue weighted by molar-refractivity contribution is 7.92. The van der Waals surface area contributed by atoms with Gasteiger partial charge in [0.15, 0.2) is 9.84 Å². The van der Waals surface area contributed by atoms with Crippen LogP contribution in [0.25, 0.3) is 0 Å². The number of sulfone groups is 1. The van der Waals surface area contributed by atoms with E-state index in [9.17, 15) is 22.4 Å². The SMILES string of the molecule is CCCS(=O)(=O)CC(=O)Nc1ccc(CC(=O)O)c(F)c1. The molecule has 6 nitrogen and oxygen atoms in total. The van der Waals surface area contributed by atoms with Gasteiger partial charge in [0.2, 0.25) is 5.91 Å². The van der Waals surface area contributed by atoms with Crippen molar-refractivity contribution in [2.45, 2.75) is 19.8 Å². The fourth-order valence-corrected chi connectivity index (χ4v) is 2.95. The number of aliphatic carboxylic acids is 1. The fourth-order valence-electron chi connectivity index (χ4n) is 1.71. The molecule has 1 aromatic carbocycles.